The van der Waals surface area contributed by atoms with E-state index in [9.17, 15) is 0 Å². The molecule has 0 unspecified atom stereocenters. The number of hydrogen-bond donors (Lipinski definition) is 1. The van der Waals surface area contributed by atoms with Gasteiger partial charge in [-0.2, -0.15) is 0 Å². The van der Waals surface area contributed by atoms with E-state index in [0.29, 0.717) is 6.54 Å². The first-order chi connectivity index (χ1) is 11.8. The minimum Gasteiger partial charge on any atom is -0.364 e. The van der Waals surface area contributed by atoms with Gasteiger partial charge in [0.2, 0.25) is 0 Å². The molecular formula is C17H22ClN5O. The van der Waals surface area contributed by atoms with Crippen LogP contribution in [0, 0.1) is 0 Å². The van der Waals surface area contributed by atoms with E-state index in [1.165, 1.54) is 0 Å². The quantitative estimate of drug-likeness (QED) is 0.679. The van der Waals surface area contributed by atoms with Gasteiger partial charge in [-0.15, -0.1) is 0 Å². The number of aliphatic imine (C=N–C) groups is 1. The lowest BCUT2D eigenvalue weighted by atomic mass is 10.2. The number of hydrogen-bond acceptors (Lipinski definition) is 4. The molecule has 0 saturated carbocycles. The van der Waals surface area contributed by atoms with E-state index in [0.717, 1.165) is 55.0 Å². The molecule has 0 aliphatic carbocycles. The van der Waals surface area contributed by atoms with Crippen LogP contribution in [0.1, 0.15) is 11.3 Å². The van der Waals surface area contributed by atoms with Crippen LogP contribution in [-0.2, 0) is 13.1 Å². The summed E-state index contributed by atoms with van der Waals surface area (Å²) in [6.07, 6.45) is 1.62. The monoisotopic (exact) mass is 347 g/mol. The van der Waals surface area contributed by atoms with Crippen molar-refractivity contribution in [2.75, 3.05) is 33.2 Å². The highest BCUT2D eigenvalue weighted by Crippen LogP contribution is 2.14. The minimum atomic E-state index is 0.672. The summed E-state index contributed by atoms with van der Waals surface area (Å²) in [4.78, 5) is 9.04. The Labute approximate surface area is 147 Å². The van der Waals surface area contributed by atoms with Gasteiger partial charge in [-0.3, -0.25) is 9.89 Å². The number of halogens is 1. The van der Waals surface area contributed by atoms with Crippen molar-refractivity contribution < 1.29 is 4.52 Å². The van der Waals surface area contributed by atoms with Crippen LogP contribution in [0.15, 0.2) is 46.1 Å². The van der Waals surface area contributed by atoms with Crippen molar-refractivity contribution in [1.82, 2.24) is 20.3 Å². The molecule has 1 N–H and O–H groups in total. The molecule has 1 aromatic heterocycles. The summed E-state index contributed by atoms with van der Waals surface area (Å²) in [5.41, 5.74) is 2.05. The lowest BCUT2D eigenvalue weighted by Gasteiger charge is -2.36. The van der Waals surface area contributed by atoms with Crippen LogP contribution in [0.4, 0.5) is 0 Å². The van der Waals surface area contributed by atoms with Gasteiger partial charge in [0.15, 0.2) is 5.96 Å². The van der Waals surface area contributed by atoms with Crippen molar-refractivity contribution in [2.24, 2.45) is 4.99 Å². The predicted octanol–water partition coefficient (Wildman–Crippen LogP) is 2.22. The number of piperazine rings is 1. The number of nitrogens with one attached hydrogen (secondary N) is 1. The standard InChI is InChI=1S/C17H22ClN5O/c1-19-17(20-12-14-4-2-3-5-16(14)18)23-9-7-22(8-10-23)13-15-6-11-24-21-15/h2-6,11H,7-10,12-13H2,1H3,(H,19,20). The average Bonchev–Trinajstić information content (AvgIpc) is 3.11. The zero-order chi connectivity index (χ0) is 16.8. The second-order valence-electron chi connectivity index (χ2n) is 5.75. The number of rotatable bonds is 4. The van der Waals surface area contributed by atoms with Gasteiger partial charge in [-0.25, -0.2) is 0 Å². The lowest BCUT2D eigenvalue weighted by Crippen LogP contribution is -2.52. The van der Waals surface area contributed by atoms with Crippen LogP contribution >= 0.6 is 11.6 Å². The van der Waals surface area contributed by atoms with E-state index in [2.05, 4.69) is 25.3 Å². The Morgan fingerprint density at radius 2 is 2.04 bits per heavy atom. The third kappa shape index (κ3) is 4.27. The lowest BCUT2D eigenvalue weighted by molar-refractivity contribution is 0.169. The second kappa shape index (κ2) is 8.17. The molecule has 1 aliphatic heterocycles. The Morgan fingerprint density at radius 3 is 2.71 bits per heavy atom. The largest absolute Gasteiger partial charge is 0.364 e. The summed E-state index contributed by atoms with van der Waals surface area (Å²) < 4.78 is 4.89. The van der Waals surface area contributed by atoms with Crippen molar-refractivity contribution >= 4 is 17.6 Å². The maximum atomic E-state index is 6.21. The summed E-state index contributed by atoms with van der Waals surface area (Å²) in [5.74, 6) is 0.913. The Kier molecular flexibility index (Phi) is 5.72. The minimum absolute atomic E-state index is 0.672. The zero-order valence-electron chi connectivity index (χ0n) is 13.8. The van der Waals surface area contributed by atoms with Gasteiger partial charge in [0.05, 0.1) is 5.69 Å². The van der Waals surface area contributed by atoms with Gasteiger partial charge >= 0.3 is 0 Å². The molecule has 1 aromatic carbocycles. The van der Waals surface area contributed by atoms with Gasteiger partial charge in [-0.1, -0.05) is 35.0 Å². The molecule has 0 atom stereocenters. The molecular weight excluding hydrogens is 326 g/mol. The Balaban J connectivity index is 1.49. The molecule has 1 fully saturated rings. The summed E-state index contributed by atoms with van der Waals surface area (Å²) in [6, 6.07) is 9.78. The van der Waals surface area contributed by atoms with E-state index in [1.54, 1.807) is 6.26 Å². The molecule has 0 radical (unpaired) electrons. The highest BCUT2D eigenvalue weighted by molar-refractivity contribution is 6.31. The van der Waals surface area contributed by atoms with E-state index >= 15 is 0 Å². The topological polar surface area (TPSA) is 56.9 Å². The Hall–Kier alpha value is -2.05. The maximum absolute atomic E-state index is 6.21. The second-order valence-corrected chi connectivity index (χ2v) is 6.15. The van der Waals surface area contributed by atoms with E-state index in [4.69, 9.17) is 16.1 Å². The fourth-order valence-corrected chi connectivity index (χ4v) is 3.02. The van der Waals surface area contributed by atoms with Crippen molar-refractivity contribution in [3.05, 3.63) is 52.9 Å². The number of aromatic nitrogens is 1. The van der Waals surface area contributed by atoms with Crippen LogP contribution < -0.4 is 5.32 Å². The van der Waals surface area contributed by atoms with Crippen LogP contribution in [0.3, 0.4) is 0 Å². The molecule has 2 aromatic rings. The molecule has 24 heavy (non-hydrogen) atoms. The summed E-state index contributed by atoms with van der Waals surface area (Å²) in [5, 5.41) is 8.15. The fraction of sp³-hybridized carbons (Fsp3) is 0.412. The van der Waals surface area contributed by atoms with Crippen molar-refractivity contribution in [1.29, 1.82) is 0 Å². The molecule has 0 bridgehead atoms. The SMILES string of the molecule is CN=C(NCc1ccccc1Cl)N1CCN(Cc2ccon2)CC1. The highest BCUT2D eigenvalue weighted by atomic mass is 35.5. The number of nitrogens with zero attached hydrogens (tertiary/aromatic N) is 4. The molecule has 0 amide bonds. The van der Waals surface area contributed by atoms with Gasteiger partial charge in [0.25, 0.3) is 0 Å². The van der Waals surface area contributed by atoms with Crippen LogP contribution in [0.5, 0.6) is 0 Å². The zero-order valence-corrected chi connectivity index (χ0v) is 14.5. The number of guanidine groups is 1. The van der Waals surface area contributed by atoms with E-state index < -0.39 is 0 Å². The first-order valence-corrected chi connectivity index (χ1v) is 8.44. The molecule has 7 heteroatoms. The normalized spacial score (nSPS) is 16.4. The van der Waals surface area contributed by atoms with Crippen molar-refractivity contribution in [3.63, 3.8) is 0 Å². The third-order valence-corrected chi connectivity index (χ3v) is 4.52. The first-order valence-electron chi connectivity index (χ1n) is 8.07. The number of benzene rings is 1. The molecule has 0 spiro atoms. The van der Waals surface area contributed by atoms with Gasteiger partial charge < -0.3 is 14.7 Å². The van der Waals surface area contributed by atoms with Gasteiger partial charge in [0.1, 0.15) is 6.26 Å². The third-order valence-electron chi connectivity index (χ3n) is 4.16. The first kappa shape index (κ1) is 16.8. The summed E-state index contributed by atoms with van der Waals surface area (Å²) in [7, 11) is 1.82. The van der Waals surface area contributed by atoms with Gasteiger partial charge in [0, 0.05) is 57.4 Å². The molecule has 2 heterocycles. The van der Waals surface area contributed by atoms with Crippen LogP contribution in [0.2, 0.25) is 5.02 Å². The highest BCUT2D eigenvalue weighted by Gasteiger charge is 2.20. The molecule has 6 nitrogen and oxygen atoms in total. The molecule has 1 aliphatic rings. The molecule has 128 valence electrons. The Bertz CT molecular complexity index is 665. The fourth-order valence-electron chi connectivity index (χ4n) is 2.81. The van der Waals surface area contributed by atoms with Gasteiger partial charge in [-0.05, 0) is 11.6 Å². The maximum Gasteiger partial charge on any atom is 0.194 e. The van der Waals surface area contributed by atoms with Crippen molar-refractivity contribution in [2.45, 2.75) is 13.1 Å². The predicted molar refractivity (Wildman–Crippen MR) is 95.0 cm³/mol. The smallest absolute Gasteiger partial charge is 0.194 e. The average molecular weight is 348 g/mol. The summed E-state index contributed by atoms with van der Waals surface area (Å²) in [6.45, 7) is 5.31. The van der Waals surface area contributed by atoms with Crippen LogP contribution in [0.25, 0.3) is 0 Å². The van der Waals surface area contributed by atoms with Crippen molar-refractivity contribution in [3.8, 4) is 0 Å². The van der Waals surface area contributed by atoms with E-state index in [-0.39, 0.29) is 0 Å². The molecule has 3 rings (SSSR count). The Morgan fingerprint density at radius 1 is 1.25 bits per heavy atom. The van der Waals surface area contributed by atoms with Crippen LogP contribution in [-0.4, -0.2) is 54.1 Å². The van der Waals surface area contributed by atoms with E-state index in [1.807, 2.05) is 37.4 Å². The summed E-state index contributed by atoms with van der Waals surface area (Å²) >= 11 is 6.21. The molecule has 1 saturated heterocycles.